The van der Waals surface area contributed by atoms with Crippen molar-refractivity contribution in [3.8, 4) is 11.3 Å². The average Bonchev–Trinajstić information content (AvgIpc) is 3.20. The summed E-state index contributed by atoms with van der Waals surface area (Å²) in [5, 5.41) is 3.78. The maximum atomic E-state index is 6.79. The number of hydrogen-bond acceptors (Lipinski definition) is 2. The van der Waals surface area contributed by atoms with Gasteiger partial charge in [0.15, 0.2) is 0 Å². The van der Waals surface area contributed by atoms with Crippen LogP contribution in [0.25, 0.3) is 33.0 Å². The van der Waals surface area contributed by atoms with Gasteiger partial charge in [-0.05, 0) is 53.9 Å². The van der Waals surface area contributed by atoms with Crippen molar-refractivity contribution in [2.45, 2.75) is 38.5 Å². The van der Waals surface area contributed by atoms with Gasteiger partial charge in [-0.3, -0.25) is 4.98 Å². The summed E-state index contributed by atoms with van der Waals surface area (Å²) in [6.07, 6.45) is 1.84. The van der Waals surface area contributed by atoms with Crippen LogP contribution in [0.15, 0.2) is 83.4 Å². The molecule has 0 fully saturated rings. The first-order valence-electron chi connectivity index (χ1n) is 10.9. The number of fused-ring (bicyclic) bond motifs is 6. The van der Waals surface area contributed by atoms with Crippen molar-refractivity contribution < 1.29 is 4.42 Å². The molecule has 0 atom stereocenters. The number of furan rings is 1. The SMILES string of the molecule is CC1(C)c2oc3c(-c4ccccn4)cccc3c2C(C)(C)c2ccc3ccccc3c21. The number of nitrogens with zero attached hydrogens (tertiary/aromatic N) is 1. The predicted octanol–water partition coefficient (Wildman–Crippen LogP) is 7.61. The maximum Gasteiger partial charge on any atom is 0.144 e. The average molecular weight is 404 g/mol. The molecule has 0 saturated carbocycles. The van der Waals surface area contributed by atoms with Crippen molar-refractivity contribution in [2.24, 2.45) is 0 Å². The summed E-state index contributed by atoms with van der Waals surface area (Å²) in [7, 11) is 0. The molecule has 2 aromatic heterocycles. The molecule has 2 heteroatoms. The van der Waals surface area contributed by atoms with Crippen LogP contribution in [0.2, 0.25) is 0 Å². The first-order valence-corrected chi connectivity index (χ1v) is 10.9. The molecule has 152 valence electrons. The summed E-state index contributed by atoms with van der Waals surface area (Å²) in [5.74, 6) is 1.07. The lowest BCUT2D eigenvalue weighted by molar-refractivity contribution is 0.412. The van der Waals surface area contributed by atoms with E-state index in [4.69, 9.17) is 4.42 Å². The fraction of sp³-hybridized carbons (Fsp3) is 0.207. The van der Waals surface area contributed by atoms with Crippen molar-refractivity contribution in [1.29, 1.82) is 0 Å². The lowest BCUT2D eigenvalue weighted by Gasteiger charge is -2.41. The molecule has 0 amide bonds. The number of aromatic nitrogens is 1. The van der Waals surface area contributed by atoms with Crippen LogP contribution in [0, 0.1) is 0 Å². The minimum Gasteiger partial charge on any atom is -0.459 e. The summed E-state index contributed by atoms with van der Waals surface area (Å²) in [5.41, 5.74) is 6.57. The topological polar surface area (TPSA) is 26.0 Å². The third-order valence-electron chi connectivity index (χ3n) is 7.08. The standard InChI is InChI=1S/C29H25NO/c1-28(2)22-16-15-18-10-5-6-11-19(18)24(22)29(3,4)27-25(28)21-13-9-12-20(26(21)31-27)23-14-7-8-17-30-23/h5-17H,1-4H3. The first-order chi connectivity index (χ1) is 14.9. The van der Waals surface area contributed by atoms with Crippen molar-refractivity contribution in [1.82, 2.24) is 4.98 Å². The normalized spacial score (nSPS) is 16.3. The number of benzene rings is 3. The van der Waals surface area contributed by atoms with Gasteiger partial charge < -0.3 is 4.42 Å². The Labute approximate surface area is 182 Å². The first kappa shape index (κ1) is 18.4. The molecule has 0 aliphatic heterocycles. The van der Waals surface area contributed by atoms with Crippen molar-refractivity contribution >= 4 is 21.7 Å². The fourth-order valence-electron chi connectivity index (χ4n) is 5.62. The minimum absolute atomic E-state index is 0.168. The molecular formula is C29H25NO. The maximum absolute atomic E-state index is 6.79. The van der Waals surface area contributed by atoms with Crippen LogP contribution in [0.3, 0.4) is 0 Å². The molecule has 1 aliphatic rings. The van der Waals surface area contributed by atoms with E-state index in [0.29, 0.717) is 0 Å². The summed E-state index contributed by atoms with van der Waals surface area (Å²) in [6.45, 7) is 9.26. The summed E-state index contributed by atoms with van der Waals surface area (Å²) in [4.78, 5) is 4.60. The molecule has 6 rings (SSSR count). The van der Waals surface area contributed by atoms with Gasteiger partial charge in [0, 0.05) is 33.5 Å². The van der Waals surface area contributed by atoms with E-state index < -0.39 is 0 Å². The minimum atomic E-state index is -0.249. The van der Waals surface area contributed by atoms with Gasteiger partial charge in [0.2, 0.25) is 0 Å². The Morgan fingerprint density at radius 1 is 0.677 bits per heavy atom. The number of hydrogen-bond donors (Lipinski definition) is 0. The third kappa shape index (κ3) is 2.36. The zero-order valence-corrected chi connectivity index (χ0v) is 18.4. The van der Waals surface area contributed by atoms with Crippen LogP contribution < -0.4 is 0 Å². The van der Waals surface area contributed by atoms with E-state index >= 15 is 0 Å². The molecule has 0 spiro atoms. The van der Waals surface area contributed by atoms with Gasteiger partial charge in [-0.2, -0.15) is 0 Å². The van der Waals surface area contributed by atoms with E-state index in [0.717, 1.165) is 22.6 Å². The van der Waals surface area contributed by atoms with Gasteiger partial charge in [0.25, 0.3) is 0 Å². The molecule has 5 aromatic rings. The Morgan fingerprint density at radius 3 is 2.26 bits per heavy atom. The van der Waals surface area contributed by atoms with Gasteiger partial charge in [-0.25, -0.2) is 0 Å². The van der Waals surface area contributed by atoms with Gasteiger partial charge >= 0.3 is 0 Å². The Kier molecular flexibility index (Phi) is 3.60. The molecule has 3 aromatic carbocycles. The Morgan fingerprint density at radius 2 is 1.45 bits per heavy atom. The van der Waals surface area contributed by atoms with Gasteiger partial charge in [-0.15, -0.1) is 0 Å². The highest BCUT2D eigenvalue weighted by Gasteiger charge is 2.46. The van der Waals surface area contributed by atoms with Crippen molar-refractivity contribution in [2.75, 3.05) is 0 Å². The van der Waals surface area contributed by atoms with Gasteiger partial charge in [-0.1, -0.05) is 68.4 Å². The zero-order chi connectivity index (χ0) is 21.4. The monoisotopic (exact) mass is 403 g/mol. The predicted molar refractivity (Wildman–Crippen MR) is 128 cm³/mol. The lowest BCUT2D eigenvalue weighted by Crippen LogP contribution is -2.35. The highest BCUT2D eigenvalue weighted by molar-refractivity contribution is 5.97. The Hall–Kier alpha value is -3.39. The number of rotatable bonds is 1. The molecule has 2 heterocycles. The second-order valence-electron chi connectivity index (χ2n) is 9.66. The number of para-hydroxylation sites is 1. The Balaban J connectivity index is 1.74. The van der Waals surface area contributed by atoms with Crippen LogP contribution in [0.5, 0.6) is 0 Å². The molecule has 0 radical (unpaired) electrons. The van der Waals surface area contributed by atoms with E-state index in [2.05, 4.69) is 93.3 Å². The largest absolute Gasteiger partial charge is 0.459 e. The van der Waals surface area contributed by atoms with Crippen LogP contribution in [0.4, 0.5) is 0 Å². The van der Waals surface area contributed by atoms with Gasteiger partial charge in [0.1, 0.15) is 11.3 Å². The second-order valence-corrected chi connectivity index (χ2v) is 9.66. The lowest BCUT2D eigenvalue weighted by atomic mass is 9.61. The molecule has 0 unspecified atom stereocenters. The van der Waals surface area contributed by atoms with Crippen molar-refractivity contribution in [3.05, 3.63) is 101 Å². The number of pyridine rings is 1. The van der Waals surface area contributed by atoms with Crippen molar-refractivity contribution in [3.63, 3.8) is 0 Å². The smallest absolute Gasteiger partial charge is 0.144 e. The van der Waals surface area contributed by atoms with Crippen LogP contribution in [0.1, 0.15) is 50.1 Å². The molecular weight excluding hydrogens is 378 g/mol. The molecule has 0 bridgehead atoms. The van der Waals surface area contributed by atoms with E-state index in [1.165, 1.54) is 32.8 Å². The quantitative estimate of drug-likeness (QED) is 0.288. The molecule has 2 nitrogen and oxygen atoms in total. The Bertz CT molecular complexity index is 1470. The van der Waals surface area contributed by atoms with E-state index in [1.54, 1.807) is 0 Å². The zero-order valence-electron chi connectivity index (χ0n) is 18.4. The highest BCUT2D eigenvalue weighted by atomic mass is 16.3. The van der Waals surface area contributed by atoms with E-state index in [9.17, 15) is 0 Å². The molecule has 1 aliphatic carbocycles. The van der Waals surface area contributed by atoms with E-state index in [1.807, 2.05) is 18.3 Å². The molecule has 0 N–H and O–H groups in total. The fourth-order valence-corrected chi connectivity index (χ4v) is 5.62. The summed E-state index contributed by atoms with van der Waals surface area (Å²) < 4.78 is 6.79. The highest BCUT2D eigenvalue weighted by Crippen LogP contribution is 2.55. The molecule has 31 heavy (non-hydrogen) atoms. The third-order valence-corrected chi connectivity index (χ3v) is 7.08. The van der Waals surface area contributed by atoms with Crippen LogP contribution >= 0.6 is 0 Å². The summed E-state index contributed by atoms with van der Waals surface area (Å²) >= 11 is 0. The molecule has 0 saturated heterocycles. The van der Waals surface area contributed by atoms with E-state index in [-0.39, 0.29) is 10.8 Å². The summed E-state index contributed by atoms with van der Waals surface area (Å²) in [6, 6.07) is 25.8. The van der Waals surface area contributed by atoms with Gasteiger partial charge in [0.05, 0.1) is 5.69 Å². The van der Waals surface area contributed by atoms with Crippen LogP contribution in [-0.4, -0.2) is 4.98 Å². The van der Waals surface area contributed by atoms with Crippen LogP contribution in [-0.2, 0) is 10.8 Å². The second kappa shape index (κ2) is 6.07.